The second-order valence-electron chi connectivity index (χ2n) is 4.51. The van der Waals surface area contributed by atoms with Crippen LogP contribution in [0, 0.1) is 6.92 Å². The summed E-state index contributed by atoms with van der Waals surface area (Å²) < 4.78 is 6.60. The summed E-state index contributed by atoms with van der Waals surface area (Å²) in [7, 11) is 1.57. The quantitative estimate of drug-likeness (QED) is 0.743. The minimum absolute atomic E-state index is 0.0484. The molecular formula is C15H14N2O2S. The fraction of sp³-hybridized carbons (Fsp3) is 0.200. The van der Waals surface area contributed by atoms with E-state index in [9.17, 15) is 4.79 Å². The van der Waals surface area contributed by atoms with Crippen molar-refractivity contribution in [2.24, 2.45) is 0 Å². The standard InChI is InChI=1S/C15H14N2O2S/c1-10-16-14-12(15(18)17(10)9-19-2)8-13(20-14)11-6-4-3-5-7-11/h3-8H,9H2,1-2H3. The van der Waals surface area contributed by atoms with Crippen molar-refractivity contribution in [1.29, 1.82) is 0 Å². The van der Waals surface area contributed by atoms with Crippen LogP contribution in [0.3, 0.4) is 0 Å². The van der Waals surface area contributed by atoms with Gasteiger partial charge in [-0.25, -0.2) is 4.98 Å². The molecule has 3 rings (SSSR count). The van der Waals surface area contributed by atoms with Crippen LogP contribution in [0.1, 0.15) is 5.82 Å². The van der Waals surface area contributed by atoms with Crippen LogP contribution in [0.4, 0.5) is 0 Å². The van der Waals surface area contributed by atoms with Crippen molar-refractivity contribution in [3.8, 4) is 10.4 Å². The van der Waals surface area contributed by atoms with E-state index in [1.165, 1.54) is 0 Å². The lowest BCUT2D eigenvalue weighted by atomic mass is 10.2. The Morgan fingerprint density at radius 1 is 1.30 bits per heavy atom. The molecule has 0 N–H and O–H groups in total. The van der Waals surface area contributed by atoms with E-state index in [1.807, 2.05) is 43.3 Å². The van der Waals surface area contributed by atoms with Crippen LogP contribution in [-0.4, -0.2) is 16.7 Å². The first-order chi connectivity index (χ1) is 9.70. The number of ether oxygens (including phenoxy) is 1. The Morgan fingerprint density at radius 2 is 2.05 bits per heavy atom. The van der Waals surface area contributed by atoms with Gasteiger partial charge >= 0.3 is 0 Å². The molecule has 0 saturated carbocycles. The molecule has 3 aromatic rings. The average molecular weight is 286 g/mol. The van der Waals surface area contributed by atoms with E-state index < -0.39 is 0 Å². The van der Waals surface area contributed by atoms with Gasteiger partial charge in [-0.3, -0.25) is 9.36 Å². The maximum absolute atomic E-state index is 12.4. The van der Waals surface area contributed by atoms with E-state index in [1.54, 1.807) is 23.0 Å². The number of aryl methyl sites for hydroxylation is 1. The number of methoxy groups -OCH3 is 1. The van der Waals surface area contributed by atoms with E-state index in [2.05, 4.69) is 4.98 Å². The zero-order valence-corrected chi connectivity index (χ0v) is 12.1. The summed E-state index contributed by atoms with van der Waals surface area (Å²) in [6.07, 6.45) is 0. The molecule has 0 unspecified atom stereocenters. The highest BCUT2D eigenvalue weighted by Crippen LogP contribution is 2.30. The van der Waals surface area contributed by atoms with Gasteiger partial charge in [0.05, 0.1) is 5.39 Å². The molecule has 0 fully saturated rings. The van der Waals surface area contributed by atoms with Gasteiger partial charge in [0.15, 0.2) is 0 Å². The van der Waals surface area contributed by atoms with Crippen LogP contribution in [0.25, 0.3) is 20.7 Å². The largest absolute Gasteiger partial charge is 0.364 e. The highest BCUT2D eigenvalue weighted by atomic mass is 32.1. The van der Waals surface area contributed by atoms with E-state index in [4.69, 9.17) is 4.74 Å². The van der Waals surface area contributed by atoms with Crippen molar-refractivity contribution in [3.63, 3.8) is 0 Å². The number of hydrogen-bond acceptors (Lipinski definition) is 4. The summed E-state index contributed by atoms with van der Waals surface area (Å²) in [6, 6.07) is 11.9. The lowest BCUT2D eigenvalue weighted by molar-refractivity contribution is 0.126. The molecule has 0 saturated heterocycles. The van der Waals surface area contributed by atoms with Gasteiger partial charge in [-0.2, -0.15) is 0 Å². The second-order valence-corrected chi connectivity index (χ2v) is 5.54. The lowest BCUT2D eigenvalue weighted by Crippen LogP contribution is -2.23. The average Bonchev–Trinajstić information content (AvgIpc) is 2.88. The summed E-state index contributed by atoms with van der Waals surface area (Å²) >= 11 is 1.54. The summed E-state index contributed by atoms with van der Waals surface area (Å²) in [4.78, 5) is 18.8. The summed E-state index contributed by atoms with van der Waals surface area (Å²) in [5.41, 5.74) is 1.05. The first-order valence-electron chi connectivity index (χ1n) is 6.26. The van der Waals surface area contributed by atoms with E-state index >= 15 is 0 Å². The van der Waals surface area contributed by atoms with Crippen molar-refractivity contribution < 1.29 is 4.74 Å². The first kappa shape index (κ1) is 13.0. The predicted octanol–water partition coefficient (Wildman–Crippen LogP) is 3.04. The van der Waals surface area contributed by atoms with Gasteiger partial charge in [0.2, 0.25) is 0 Å². The van der Waals surface area contributed by atoms with Crippen LogP contribution in [0.5, 0.6) is 0 Å². The smallest absolute Gasteiger partial charge is 0.264 e. The number of rotatable bonds is 3. The van der Waals surface area contributed by atoms with Gasteiger partial charge in [0, 0.05) is 12.0 Å². The topological polar surface area (TPSA) is 44.1 Å². The van der Waals surface area contributed by atoms with Crippen LogP contribution < -0.4 is 5.56 Å². The summed E-state index contributed by atoms with van der Waals surface area (Å²) in [5, 5.41) is 0.650. The SMILES string of the molecule is COCn1c(C)nc2sc(-c3ccccc3)cc2c1=O. The van der Waals surface area contributed by atoms with Crippen molar-refractivity contribution in [2.45, 2.75) is 13.7 Å². The minimum Gasteiger partial charge on any atom is -0.364 e. The van der Waals surface area contributed by atoms with E-state index in [-0.39, 0.29) is 12.3 Å². The number of nitrogens with zero attached hydrogens (tertiary/aromatic N) is 2. The van der Waals surface area contributed by atoms with Gasteiger partial charge in [-0.1, -0.05) is 30.3 Å². The van der Waals surface area contributed by atoms with Crippen molar-refractivity contribution in [2.75, 3.05) is 7.11 Å². The highest BCUT2D eigenvalue weighted by Gasteiger charge is 2.12. The molecule has 0 aliphatic rings. The normalized spacial score (nSPS) is 11.1. The molecule has 1 aromatic carbocycles. The van der Waals surface area contributed by atoms with Gasteiger partial charge in [-0.05, 0) is 18.6 Å². The lowest BCUT2D eigenvalue weighted by Gasteiger charge is -2.06. The monoisotopic (exact) mass is 286 g/mol. The Balaban J connectivity index is 2.22. The molecule has 0 spiro atoms. The Kier molecular flexibility index (Phi) is 3.38. The third kappa shape index (κ3) is 2.15. The minimum atomic E-state index is -0.0484. The Bertz CT molecular complexity index is 806. The first-order valence-corrected chi connectivity index (χ1v) is 7.07. The molecular weight excluding hydrogens is 272 g/mol. The van der Waals surface area contributed by atoms with Crippen LogP contribution >= 0.6 is 11.3 Å². The van der Waals surface area contributed by atoms with E-state index in [0.717, 1.165) is 15.3 Å². The molecule has 0 bridgehead atoms. The number of hydrogen-bond donors (Lipinski definition) is 0. The van der Waals surface area contributed by atoms with Gasteiger partial charge in [0.1, 0.15) is 17.4 Å². The van der Waals surface area contributed by atoms with E-state index in [0.29, 0.717) is 11.2 Å². The van der Waals surface area contributed by atoms with Crippen molar-refractivity contribution in [3.05, 3.63) is 52.6 Å². The molecule has 2 heterocycles. The maximum atomic E-state index is 12.4. The van der Waals surface area contributed by atoms with Crippen LogP contribution in [0.2, 0.25) is 0 Å². The van der Waals surface area contributed by atoms with Gasteiger partial charge in [-0.15, -0.1) is 11.3 Å². The van der Waals surface area contributed by atoms with Crippen molar-refractivity contribution >= 4 is 21.6 Å². The molecule has 5 heteroatoms. The van der Waals surface area contributed by atoms with Crippen molar-refractivity contribution in [1.82, 2.24) is 9.55 Å². The third-order valence-electron chi connectivity index (χ3n) is 3.16. The predicted molar refractivity (Wildman–Crippen MR) is 81.1 cm³/mol. The molecule has 102 valence electrons. The van der Waals surface area contributed by atoms with Crippen LogP contribution in [0.15, 0.2) is 41.2 Å². The molecule has 0 radical (unpaired) electrons. The van der Waals surface area contributed by atoms with Crippen LogP contribution in [-0.2, 0) is 11.5 Å². The molecule has 0 aliphatic heterocycles. The Hall–Kier alpha value is -1.98. The number of aromatic nitrogens is 2. The number of benzene rings is 1. The maximum Gasteiger partial charge on any atom is 0.264 e. The molecule has 0 aliphatic carbocycles. The number of fused-ring (bicyclic) bond motifs is 1. The third-order valence-corrected chi connectivity index (χ3v) is 4.24. The van der Waals surface area contributed by atoms with Gasteiger partial charge in [0.25, 0.3) is 5.56 Å². The molecule has 0 amide bonds. The fourth-order valence-corrected chi connectivity index (χ4v) is 3.22. The second kappa shape index (κ2) is 5.19. The molecule has 0 atom stereocenters. The Morgan fingerprint density at radius 3 is 2.75 bits per heavy atom. The fourth-order valence-electron chi connectivity index (χ4n) is 2.14. The molecule has 4 nitrogen and oxygen atoms in total. The van der Waals surface area contributed by atoms with Gasteiger partial charge < -0.3 is 4.74 Å². The zero-order valence-electron chi connectivity index (χ0n) is 11.3. The zero-order chi connectivity index (χ0) is 14.1. The highest BCUT2D eigenvalue weighted by molar-refractivity contribution is 7.21. The molecule has 20 heavy (non-hydrogen) atoms. The molecule has 2 aromatic heterocycles. The summed E-state index contributed by atoms with van der Waals surface area (Å²) in [6.45, 7) is 2.05. The number of thiophene rings is 1. The Labute approximate surface area is 120 Å². The summed E-state index contributed by atoms with van der Waals surface area (Å²) in [5.74, 6) is 0.672.